The van der Waals surface area contributed by atoms with Crippen LogP contribution in [0.5, 0.6) is 0 Å². The zero-order chi connectivity index (χ0) is 20.2. The van der Waals surface area contributed by atoms with E-state index in [1.54, 1.807) is 5.57 Å². The molecule has 0 bridgehead atoms. The highest BCUT2D eigenvalue weighted by Crippen LogP contribution is 2.63. The van der Waals surface area contributed by atoms with Gasteiger partial charge in [-0.2, -0.15) is 0 Å². The SMILES string of the molecule is CCc1cncc(C2=CC[C@H]3[C@@H]4CCN5C(=O)CCCC[C@]5(C)C4CC[C@]23C)c1. The van der Waals surface area contributed by atoms with Crippen molar-refractivity contribution in [1.82, 2.24) is 9.88 Å². The van der Waals surface area contributed by atoms with Gasteiger partial charge in [0.2, 0.25) is 5.91 Å². The number of fused-ring (bicyclic) bond motifs is 5. The summed E-state index contributed by atoms with van der Waals surface area (Å²) in [5, 5.41) is 0. The third-order valence-corrected chi connectivity index (χ3v) is 9.26. The van der Waals surface area contributed by atoms with Gasteiger partial charge in [0.15, 0.2) is 0 Å². The molecule has 2 saturated heterocycles. The molecule has 156 valence electrons. The molecule has 1 amide bonds. The third kappa shape index (κ3) is 2.83. The van der Waals surface area contributed by atoms with E-state index in [-0.39, 0.29) is 11.0 Å². The van der Waals surface area contributed by atoms with Crippen molar-refractivity contribution in [3.63, 3.8) is 0 Å². The summed E-state index contributed by atoms with van der Waals surface area (Å²) in [7, 11) is 0. The second kappa shape index (κ2) is 6.96. The van der Waals surface area contributed by atoms with Crippen molar-refractivity contribution in [3.8, 4) is 0 Å². The molecule has 2 aliphatic carbocycles. The molecule has 1 unspecified atom stereocenters. The molecule has 0 spiro atoms. The Hall–Kier alpha value is -1.64. The van der Waals surface area contributed by atoms with Gasteiger partial charge in [-0.05, 0) is 97.8 Å². The summed E-state index contributed by atoms with van der Waals surface area (Å²) in [4.78, 5) is 19.7. The second-order valence-electron chi connectivity index (χ2n) is 10.5. The number of allylic oxidation sites excluding steroid dienone is 2. The average molecular weight is 393 g/mol. The van der Waals surface area contributed by atoms with Gasteiger partial charge >= 0.3 is 0 Å². The zero-order valence-corrected chi connectivity index (χ0v) is 18.4. The maximum Gasteiger partial charge on any atom is 0.223 e. The fourth-order valence-electron chi connectivity index (χ4n) is 7.66. The molecule has 1 saturated carbocycles. The van der Waals surface area contributed by atoms with Crippen LogP contribution >= 0.6 is 0 Å². The van der Waals surface area contributed by atoms with E-state index in [4.69, 9.17) is 0 Å². The lowest BCUT2D eigenvalue weighted by atomic mass is 9.52. The normalized spacial score (nSPS) is 39.3. The van der Waals surface area contributed by atoms with Crippen molar-refractivity contribution in [2.75, 3.05) is 6.54 Å². The van der Waals surface area contributed by atoms with E-state index in [9.17, 15) is 4.79 Å². The maximum absolute atomic E-state index is 12.8. The first-order valence-electron chi connectivity index (χ1n) is 11.9. The lowest BCUT2D eigenvalue weighted by molar-refractivity contribution is -0.150. The van der Waals surface area contributed by atoms with Crippen LogP contribution in [0, 0.1) is 23.2 Å². The molecule has 0 radical (unpaired) electrons. The predicted octanol–water partition coefficient (Wildman–Crippen LogP) is 5.64. The molecule has 5 atom stereocenters. The second-order valence-corrected chi connectivity index (χ2v) is 10.5. The molecular weight excluding hydrogens is 356 g/mol. The van der Waals surface area contributed by atoms with Crippen LogP contribution in [0.2, 0.25) is 0 Å². The molecular formula is C26H36N2O. The van der Waals surface area contributed by atoms with E-state index >= 15 is 0 Å². The molecule has 3 fully saturated rings. The number of rotatable bonds is 2. The number of amides is 1. The van der Waals surface area contributed by atoms with Crippen LogP contribution in [0.1, 0.15) is 83.3 Å². The van der Waals surface area contributed by atoms with Crippen LogP contribution in [0.25, 0.3) is 5.57 Å². The number of carbonyl (C=O) groups is 1. The number of carbonyl (C=O) groups excluding carboxylic acids is 1. The van der Waals surface area contributed by atoms with Gasteiger partial charge in [-0.1, -0.05) is 26.3 Å². The van der Waals surface area contributed by atoms with Crippen LogP contribution in [0.3, 0.4) is 0 Å². The maximum atomic E-state index is 12.8. The van der Waals surface area contributed by atoms with Gasteiger partial charge in [-0.3, -0.25) is 9.78 Å². The first kappa shape index (κ1) is 19.3. The largest absolute Gasteiger partial charge is 0.337 e. The van der Waals surface area contributed by atoms with Gasteiger partial charge in [-0.25, -0.2) is 0 Å². The van der Waals surface area contributed by atoms with E-state index in [1.165, 1.54) is 49.7 Å². The van der Waals surface area contributed by atoms with Crippen molar-refractivity contribution in [1.29, 1.82) is 0 Å². The first-order chi connectivity index (χ1) is 14.0. The molecule has 1 aromatic rings. The van der Waals surface area contributed by atoms with E-state index in [0.29, 0.717) is 11.8 Å². The minimum absolute atomic E-state index is 0.0876. The quantitative estimate of drug-likeness (QED) is 0.652. The fourth-order valence-corrected chi connectivity index (χ4v) is 7.66. The summed E-state index contributed by atoms with van der Waals surface area (Å²) in [6, 6.07) is 2.37. The molecule has 3 nitrogen and oxygen atoms in total. The molecule has 2 aliphatic heterocycles. The molecule has 3 heteroatoms. The van der Waals surface area contributed by atoms with Gasteiger partial charge in [0, 0.05) is 30.9 Å². The molecule has 1 aromatic heterocycles. The molecule has 5 rings (SSSR count). The van der Waals surface area contributed by atoms with Crippen LogP contribution < -0.4 is 0 Å². The van der Waals surface area contributed by atoms with Gasteiger partial charge in [0.25, 0.3) is 0 Å². The van der Waals surface area contributed by atoms with Crippen LogP contribution in [-0.4, -0.2) is 27.9 Å². The minimum Gasteiger partial charge on any atom is -0.337 e. The van der Waals surface area contributed by atoms with Gasteiger partial charge < -0.3 is 4.90 Å². The van der Waals surface area contributed by atoms with Gasteiger partial charge in [0.1, 0.15) is 0 Å². The Bertz CT molecular complexity index is 845. The van der Waals surface area contributed by atoms with E-state index < -0.39 is 0 Å². The van der Waals surface area contributed by atoms with E-state index in [2.05, 4.69) is 49.0 Å². The van der Waals surface area contributed by atoms with Crippen LogP contribution in [0.4, 0.5) is 0 Å². The summed E-state index contributed by atoms with van der Waals surface area (Å²) in [5.41, 5.74) is 4.59. The minimum atomic E-state index is 0.0876. The average Bonchev–Trinajstić information content (AvgIpc) is 3.00. The lowest BCUT2D eigenvalue weighted by Crippen LogP contribution is -2.62. The van der Waals surface area contributed by atoms with Gasteiger partial charge in [0.05, 0.1) is 0 Å². The molecule has 29 heavy (non-hydrogen) atoms. The van der Waals surface area contributed by atoms with Crippen molar-refractivity contribution in [3.05, 3.63) is 35.7 Å². The Morgan fingerprint density at radius 2 is 2.00 bits per heavy atom. The fraction of sp³-hybridized carbons (Fsp3) is 0.692. The smallest absolute Gasteiger partial charge is 0.223 e. The monoisotopic (exact) mass is 392 g/mol. The Morgan fingerprint density at radius 1 is 1.14 bits per heavy atom. The summed E-state index contributed by atoms with van der Waals surface area (Å²) in [6.45, 7) is 8.14. The van der Waals surface area contributed by atoms with Crippen LogP contribution in [0.15, 0.2) is 24.5 Å². The highest BCUT2D eigenvalue weighted by atomic mass is 16.2. The number of aryl methyl sites for hydroxylation is 1. The number of nitrogens with zero attached hydrogens (tertiary/aromatic N) is 2. The summed E-state index contributed by atoms with van der Waals surface area (Å²) in [5.74, 6) is 2.56. The predicted molar refractivity (Wildman–Crippen MR) is 117 cm³/mol. The standard InChI is InChI=1S/C26H36N2O/c1-4-18-15-19(17-27-16-18)21-8-9-22-20-11-14-28-24(29)7-5-6-12-26(28,3)23(20)10-13-25(21,22)2/h8,15-17,20,22-23H,4-7,9-14H2,1-3H3/t20-,22-,23?,25+,26+/m0/s1. The third-order valence-electron chi connectivity index (χ3n) is 9.26. The summed E-state index contributed by atoms with van der Waals surface area (Å²) in [6.07, 6.45) is 16.8. The molecule has 3 heterocycles. The van der Waals surface area contributed by atoms with Crippen LogP contribution in [-0.2, 0) is 11.2 Å². The van der Waals surface area contributed by atoms with Crippen molar-refractivity contribution in [2.45, 2.75) is 84.1 Å². The Balaban J connectivity index is 1.45. The highest BCUT2D eigenvalue weighted by Gasteiger charge is 2.58. The zero-order valence-electron chi connectivity index (χ0n) is 18.4. The number of hydrogen-bond donors (Lipinski definition) is 0. The number of pyridine rings is 1. The number of hydrogen-bond acceptors (Lipinski definition) is 2. The van der Waals surface area contributed by atoms with E-state index in [1.807, 2.05) is 6.20 Å². The Morgan fingerprint density at radius 3 is 2.83 bits per heavy atom. The van der Waals surface area contributed by atoms with E-state index in [0.717, 1.165) is 37.6 Å². The van der Waals surface area contributed by atoms with Crippen molar-refractivity contribution >= 4 is 11.5 Å². The van der Waals surface area contributed by atoms with Crippen molar-refractivity contribution in [2.24, 2.45) is 23.2 Å². The molecule has 0 aromatic carbocycles. The topological polar surface area (TPSA) is 33.2 Å². The Kier molecular flexibility index (Phi) is 4.64. The highest BCUT2D eigenvalue weighted by molar-refractivity contribution is 5.78. The van der Waals surface area contributed by atoms with Gasteiger partial charge in [-0.15, -0.1) is 0 Å². The molecule has 0 N–H and O–H groups in total. The first-order valence-corrected chi connectivity index (χ1v) is 11.9. The molecule has 4 aliphatic rings. The lowest BCUT2D eigenvalue weighted by Gasteiger charge is -2.59. The summed E-state index contributed by atoms with van der Waals surface area (Å²) >= 11 is 0. The van der Waals surface area contributed by atoms with Crippen molar-refractivity contribution < 1.29 is 4.79 Å². The number of aromatic nitrogens is 1. The summed E-state index contributed by atoms with van der Waals surface area (Å²) < 4.78 is 0. The Labute approximate surface area is 176 Å². The number of piperidine rings is 1.